The molecule has 86 valence electrons. The van der Waals surface area contributed by atoms with Crippen molar-refractivity contribution >= 4 is 5.97 Å². The van der Waals surface area contributed by atoms with Gasteiger partial charge in [-0.3, -0.25) is 9.69 Å². The lowest BCUT2D eigenvalue weighted by molar-refractivity contribution is -0.143. The van der Waals surface area contributed by atoms with E-state index in [1.165, 1.54) is 12.8 Å². The van der Waals surface area contributed by atoms with Crippen molar-refractivity contribution in [3.63, 3.8) is 0 Å². The van der Waals surface area contributed by atoms with Gasteiger partial charge in [0.05, 0.1) is 0 Å². The van der Waals surface area contributed by atoms with Crippen molar-refractivity contribution in [3.8, 4) is 0 Å². The van der Waals surface area contributed by atoms with Crippen LogP contribution in [0, 0.1) is 11.8 Å². The van der Waals surface area contributed by atoms with E-state index in [0.29, 0.717) is 11.8 Å². The zero-order chi connectivity index (χ0) is 10.8. The molecule has 1 heterocycles. The van der Waals surface area contributed by atoms with E-state index < -0.39 is 5.97 Å². The van der Waals surface area contributed by atoms with Crippen molar-refractivity contribution in [2.45, 2.75) is 45.1 Å². The predicted octanol–water partition coefficient (Wildman–Crippen LogP) is 1.97. The first-order valence-corrected chi connectivity index (χ1v) is 6.21. The third kappa shape index (κ3) is 2.03. The van der Waals surface area contributed by atoms with Crippen LogP contribution in [0.2, 0.25) is 0 Å². The maximum absolute atomic E-state index is 11.3. The van der Waals surface area contributed by atoms with E-state index in [9.17, 15) is 9.90 Å². The summed E-state index contributed by atoms with van der Waals surface area (Å²) in [6, 6.07) is -0.177. The van der Waals surface area contributed by atoms with Gasteiger partial charge in [-0.2, -0.15) is 0 Å². The molecular formula is C12H21NO2. The molecule has 0 aromatic rings. The Morgan fingerprint density at radius 1 is 1.47 bits per heavy atom. The van der Waals surface area contributed by atoms with Crippen LogP contribution < -0.4 is 0 Å². The van der Waals surface area contributed by atoms with Crippen LogP contribution in [0.15, 0.2) is 0 Å². The SMILES string of the molecule is CCCCN1CC2CCCC2C1C(=O)O. The quantitative estimate of drug-likeness (QED) is 0.773. The molecule has 3 heteroatoms. The molecule has 0 bridgehead atoms. The van der Waals surface area contributed by atoms with Crippen LogP contribution in [-0.2, 0) is 4.79 Å². The van der Waals surface area contributed by atoms with Gasteiger partial charge in [-0.1, -0.05) is 19.8 Å². The first-order chi connectivity index (χ1) is 7.24. The summed E-state index contributed by atoms with van der Waals surface area (Å²) in [6.45, 7) is 4.16. The summed E-state index contributed by atoms with van der Waals surface area (Å²) in [6.07, 6.45) is 5.89. The van der Waals surface area contributed by atoms with Crippen LogP contribution in [0.4, 0.5) is 0 Å². The lowest BCUT2D eigenvalue weighted by Gasteiger charge is -2.23. The molecule has 1 aliphatic carbocycles. The minimum atomic E-state index is -0.597. The van der Waals surface area contributed by atoms with Gasteiger partial charge in [0.1, 0.15) is 6.04 Å². The van der Waals surface area contributed by atoms with Gasteiger partial charge in [0.15, 0.2) is 0 Å². The standard InChI is InChI=1S/C12H21NO2/c1-2-3-7-13-8-9-5-4-6-10(9)11(13)12(14)15/h9-11H,2-8H2,1H3,(H,14,15). The molecule has 0 radical (unpaired) electrons. The maximum atomic E-state index is 11.3. The molecular weight excluding hydrogens is 190 g/mol. The monoisotopic (exact) mass is 211 g/mol. The summed E-state index contributed by atoms with van der Waals surface area (Å²) in [5.41, 5.74) is 0. The Morgan fingerprint density at radius 3 is 2.93 bits per heavy atom. The highest BCUT2D eigenvalue weighted by atomic mass is 16.4. The first kappa shape index (κ1) is 10.9. The van der Waals surface area contributed by atoms with Crippen molar-refractivity contribution in [1.29, 1.82) is 0 Å². The molecule has 1 saturated heterocycles. The Kier molecular flexibility index (Phi) is 3.29. The second-order valence-electron chi connectivity index (χ2n) is 4.99. The Balaban J connectivity index is 2.02. The highest BCUT2D eigenvalue weighted by molar-refractivity contribution is 5.74. The number of carbonyl (C=O) groups is 1. The molecule has 1 saturated carbocycles. The lowest BCUT2D eigenvalue weighted by atomic mass is 9.94. The molecule has 2 rings (SSSR count). The van der Waals surface area contributed by atoms with Gasteiger partial charge in [0.25, 0.3) is 0 Å². The van der Waals surface area contributed by atoms with Crippen molar-refractivity contribution in [1.82, 2.24) is 4.90 Å². The molecule has 3 atom stereocenters. The zero-order valence-electron chi connectivity index (χ0n) is 9.48. The normalized spacial score (nSPS) is 35.7. The molecule has 1 aliphatic heterocycles. The number of carboxylic acid groups (broad SMARTS) is 1. The largest absolute Gasteiger partial charge is 0.480 e. The van der Waals surface area contributed by atoms with Gasteiger partial charge in [-0.15, -0.1) is 0 Å². The molecule has 0 aromatic carbocycles. The van der Waals surface area contributed by atoms with E-state index in [4.69, 9.17) is 0 Å². The number of fused-ring (bicyclic) bond motifs is 1. The minimum Gasteiger partial charge on any atom is -0.480 e. The van der Waals surface area contributed by atoms with Crippen molar-refractivity contribution < 1.29 is 9.90 Å². The van der Waals surface area contributed by atoms with Crippen molar-refractivity contribution in [3.05, 3.63) is 0 Å². The Morgan fingerprint density at radius 2 is 2.27 bits per heavy atom. The van der Waals surface area contributed by atoms with E-state index in [-0.39, 0.29) is 6.04 Å². The molecule has 0 amide bonds. The molecule has 3 unspecified atom stereocenters. The number of nitrogens with zero attached hydrogens (tertiary/aromatic N) is 1. The fourth-order valence-electron chi connectivity index (χ4n) is 3.32. The summed E-state index contributed by atoms with van der Waals surface area (Å²) in [4.78, 5) is 13.5. The molecule has 2 aliphatic rings. The number of aliphatic carboxylic acids is 1. The number of rotatable bonds is 4. The minimum absolute atomic E-state index is 0.177. The summed E-state index contributed by atoms with van der Waals surface area (Å²) in [5.74, 6) is 0.516. The van der Waals surface area contributed by atoms with Crippen LogP contribution in [0.5, 0.6) is 0 Å². The Bertz CT molecular complexity index is 242. The van der Waals surface area contributed by atoms with Crippen LogP contribution in [0.3, 0.4) is 0 Å². The lowest BCUT2D eigenvalue weighted by Crippen LogP contribution is -2.40. The zero-order valence-corrected chi connectivity index (χ0v) is 9.48. The second-order valence-corrected chi connectivity index (χ2v) is 4.99. The highest BCUT2D eigenvalue weighted by Crippen LogP contribution is 2.42. The van der Waals surface area contributed by atoms with Gasteiger partial charge in [-0.05, 0) is 37.6 Å². The Labute approximate surface area is 91.5 Å². The molecule has 3 nitrogen and oxygen atoms in total. The number of unbranched alkanes of at least 4 members (excludes halogenated alkanes) is 1. The van der Waals surface area contributed by atoms with E-state index >= 15 is 0 Å². The summed E-state index contributed by atoms with van der Waals surface area (Å²) >= 11 is 0. The van der Waals surface area contributed by atoms with Crippen LogP contribution in [-0.4, -0.2) is 35.1 Å². The molecule has 2 fully saturated rings. The fourth-order valence-corrected chi connectivity index (χ4v) is 3.32. The van der Waals surface area contributed by atoms with E-state index in [2.05, 4.69) is 11.8 Å². The molecule has 1 N–H and O–H groups in total. The van der Waals surface area contributed by atoms with Gasteiger partial charge in [0.2, 0.25) is 0 Å². The summed E-state index contributed by atoms with van der Waals surface area (Å²) < 4.78 is 0. The third-order valence-corrected chi connectivity index (χ3v) is 4.04. The summed E-state index contributed by atoms with van der Waals surface area (Å²) in [5, 5.41) is 9.29. The number of likely N-dealkylation sites (tertiary alicyclic amines) is 1. The average molecular weight is 211 g/mol. The van der Waals surface area contributed by atoms with Crippen molar-refractivity contribution in [2.24, 2.45) is 11.8 Å². The fraction of sp³-hybridized carbons (Fsp3) is 0.917. The van der Waals surface area contributed by atoms with Crippen LogP contribution in [0.25, 0.3) is 0 Å². The van der Waals surface area contributed by atoms with Gasteiger partial charge in [-0.25, -0.2) is 0 Å². The second kappa shape index (κ2) is 4.52. The summed E-state index contributed by atoms with van der Waals surface area (Å²) in [7, 11) is 0. The van der Waals surface area contributed by atoms with Gasteiger partial charge < -0.3 is 5.11 Å². The third-order valence-electron chi connectivity index (χ3n) is 4.04. The predicted molar refractivity (Wildman–Crippen MR) is 58.7 cm³/mol. The van der Waals surface area contributed by atoms with Crippen molar-refractivity contribution in [2.75, 3.05) is 13.1 Å². The molecule has 15 heavy (non-hydrogen) atoms. The topological polar surface area (TPSA) is 40.5 Å². The highest BCUT2D eigenvalue weighted by Gasteiger charge is 2.47. The van der Waals surface area contributed by atoms with Crippen LogP contribution in [0.1, 0.15) is 39.0 Å². The van der Waals surface area contributed by atoms with Gasteiger partial charge in [0, 0.05) is 6.54 Å². The first-order valence-electron chi connectivity index (χ1n) is 6.21. The van der Waals surface area contributed by atoms with Gasteiger partial charge >= 0.3 is 5.97 Å². The molecule has 0 spiro atoms. The number of carboxylic acids is 1. The number of hydrogen-bond acceptors (Lipinski definition) is 2. The van der Waals surface area contributed by atoms with E-state index in [0.717, 1.165) is 32.4 Å². The maximum Gasteiger partial charge on any atom is 0.321 e. The smallest absolute Gasteiger partial charge is 0.321 e. The molecule has 0 aromatic heterocycles. The Hall–Kier alpha value is -0.570. The average Bonchev–Trinajstić information content (AvgIpc) is 2.72. The number of hydrogen-bond donors (Lipinski definition) is 1. The van der Waals surface area contributed by atoms with E-state index in [1.54, 1.807) is 0 Å². The van der Waals surface area contributed by atoms with Crippen LogP contribution >= 0.6 is 0 Å². The van der Waals surface area contributed by atoms with E-state index in [1.807, 2.05) is 0 Å².